The number of carbonyl (C=O) groups excluding carboxylic acids is 3. The molecule has 1 aliphatic heterocycles. The van der Waals surface area contributed by atoms with Gasteiger partial charge in [0.05, 0.1) is 17.9 Å². The minimum Gasteiger partial charge on any atom is -0.349 e. The molecular weight excluding hydrogens is 376 g/mol. The summed E-state index contributed by atoms with van der Waals surface area (Å²) in [6, 6.07) is 19.8. The van der Waals surface area contributed by atoms with E-state index >= 15 is 0 Å². The first kappa shape index (κ1) is 20.3. The van der Waals surface area contributed by atoms with Crippen LogP contribution in [0.5, 0.6) is 0 Å². The van der Waals surface area contributed by atoms with Crippen molar-refractivity contribution in [3.05, 3.63) is 71.8 Å². The predicted molar refractivity (Wildman–Crippen MR) is 114 cm³/mol. The number of hydrogen-bond donors (Lipinski definition) is 1. The summed E-state index contributed by atoms with van der Waals surface area (Å²) in [4.78, 5) is 39.3. The summed E-state index contributed by atoms with van der Waals surface area (Å²) in [6.07, 6.45) is 4.42. The van der Waals surface area contributed by atoms with E-state index in [-0.39, 0.29) is 48.6 Å². The Morgan fingerprint density at radius 1 is 0.900 bits per heavy atom. The number of nitrogens with zero attached hydrogens (tertiary/aromatic N) is 1. The zero-order chi connectivity index (χ0) is 20.9. The summed E-state index contributed by atoms with van der Waals surface area (Å²) in [5.74, 6) is -0.632. The first-order valence-corrected chi connectivity index (χ1v) is 10.9. The van der Waals surface area contributed by atoms with E-state index in [2.05, 4.69) is 5.32 Å². The van der Waals surface area contributed by atoms with Gasteiger partial charge in [0.15, 0.2) is 0 Å². The van der Waals surface area contributed by atoms with Crippen molar-refractivity contribution in [3.63, 3.8) is 0 Å². The molecule has 0 bridgehead atoms. The zero-order valence-corrected chi connectivity index (χ0v) is 17.1. The number of carbonyl (C=O) groups is 3. The molecule has 1 heterocycles. The van der Waals surface area contributed by atoms with E-state index in [0.717, 1.165) is 36.8 Å². The zero-order valence-electron chi connectivity index (χ0n) is 17.1. The maximum Gasteiger partial charge on any atom is 0.233 e. The van der Waals surface area contributed by atoms with Gasteiger partial charge in [-0.1, -0.05) is 73.5 Å². The molecule has 2 aromatic rings. The largest absolute Gasteiger partial charge is 0.349 e. The molecule has 0 aromatic heterocycles. The van der Waals surface area contributed by atoms with Crippen LogP contribution >= 0.6 is 0 Å². The molecule has 0 unspecified atom stereocenters. The van der Waals surface area contributed by atoms with E-state index in [1.54, 1.807) is 0 Å². The average Bonchev–Trinajstić information content (AvgIpc) is 3.03. The Hall–Kier alpha value is -2.95. The second-order valence-corrected chi connectivity index (χ2v) is 8.30. The Labute approximate surface area is 177 Å². The summed E-state index contributed by atoms with van der Waals surface area (Å²) in [5, 5.41) is 3.11. The predicted octanol–water partition coefficient (Wildman–Crippen LogP) is 3.65. The highest BCUT2D eigenvalue weighted by molar-refractivity contribution is 6.05. The van der Waals surface area contributed by atoms with Crippen molar-refractivity contribution in [2.75, 3.05) is 6.54 Å². The van der Waals surface area contributed by atoms with Crippen LogP contribution in [0.25, 0.3) is 0 Å². The third-order valence-electron chi connectivity index (χ3n) is 6.31. The monoisotopic (exact) mass is 404 g/mol. The van der Waals surface area contributed by atoms with E-state index in [4.69, 9.17) is 0 Å². The van der Waals surface area contributed by atoms with Gasteiger partial charge >= 0.3 is 0 Å². The van der Waals surface area contributed by atoms with E-state index in [1.165, 1.54) is 4.90 Å². The fraction of sp³-hybridized carbons (Fsp3) is 0.400. The molecule has 3 atom stereocenters. The van der Waals surface area contributed by atoms with Crippen LogP contribution in [0.1, 0.15) is 49.3 Å². The van der Waals surface area contributed by atoms with Crippen LogP contribution in [0, 0.1) is 11.8 Å². The molecule has 2 aliphatic rings. The molecule has 1 N–H and O–H groups in total. The van der Waals surface area contributed by atoms with Crippen LogP contribution in [-0.4, -0.2) is 29.2 Å². The van der Waals surface area contributed by atoms with Crippen LogP contribution in [-0.2, 0) is 20.8 Å². The minimum atomic E-state index is -0.163. The smallest absolute Gasteiger partial charge is 0.233 e. The third-order valence-corrected chi connectivity index (χ3v) is 6.31. The average molecular weight is 405 g/mol. The van der Waals surface area contributed by atoms with Gasteiger partial charge in [-0.2, -0.15) is 0 Å². The van der Waals surface area contributed by atoms with Crippen LogP contribution in [0.4, 0.5) is 0 Å². The maximum atomic E-state index is 12.7. The number of nitrogens with one attached hydrogen (secondary N) is 1. The van der Waals surface area contributed by atoms with Crippen LogP contribution < -0.4 is 5.32 Å². The van der Waals surface area contributed by atoms with Crippen molar-refractivity contribution in [2.24, 2.45) is 11.8 Å². The standard InChI is InChI=1S/C25H28N2O3/c28-23(15-16-27-24(29)20-13-7-8-14-21(20)25(27)30)26-22(19-11-5-2-6-12-19)17-18-9-3-1-4-10-18/h1-6,9-12,20-22H,7-8,13-17H2,(H,26,28)/t20-,21+,22-/m1/s1. The first-order chi connectivity index (χ1) is 14.6. The molecule has 2 aromatic carbocycles. The Morgan fingerprint density at radius 2 is 1.47 bits per heavy atom. The van der Waals surface area contributed by atoms with E-state index < -0.39 is 0 Å². The number of fused-ring (bicyclic) bond motifs is 1. The van der Waals surface area contributed by atoms with E-state index in [0.29, 0.717) is 6.42 Å². The molecular formula is C25H28N2O3. The summed E-state index contributed by atoms with van der Waals surface area (Å²) >= 11 is 0. The molecule has 30 heavy (non-hydrogen) atoms. The molecule has 1 saturated heterocycles. The van der Waals surface area contributed by atoms with Gasteiger partial charge in [-0.15, -0.1) is 0 Å². The normalized spacial score (nSPS) is 21.9. The van der Waals surface area contributed by atoms with Gasteiger partial charge in [0, 0.05) is 13.0 Å². The fourth-order valence-electron chi connectivity index (χ4n) is 4.72. The van der Waals surface area contributed by atoms with Gasteiger partial charge in [0.25, 0.3) is 0 Å². The summed E-state index contributed by atoms with van der Waals surface area (Å²) < 4.78 is 0. The van der Waals surface area contributed by atoms with Crippen molar-refractivity contribution in [1.29, 1.82) is 0 Å². The number of hydrogen-bond acceptors (Lipinski definition) is 3. The number of benzene rings is 2. The molecule has 4 rings (SSSR count). The molecule has 0 spiro atoms. The minimum absolute atomic E-state index is 0.0820. The van der Waals surface area contributed by atoms with Crippen molar-refractivity contribution in [1.82, 2.24) is 10.2 Å². The highest BCUT2D eigenvalue weighted by Crippen LogP contribution is 2.38. The lowest BCUT2D eigenvalue weighted by Crippen LogP contribution is -2.36. The van der Waals surface area contributed by atoms with Crippen molar-refractivity contribution >= 4 is 17.7 Å². The molecule has 5 heteroatoms. The van der Waals surface area contributed by atoms with E-state index in [9.17, 15) is 14.4 Å². The highest BCUT2D eigenvalue weighted by Gasteiger charge is 2.47. The lowest BCUT2D eigenvalue weighted by atomic mass is 9.81. The molecule has 2 fully saturated rings. The van der Waals surface area contributed by atoms with Crippen molar-refractivity contribution in [3.8, 4) is 0 Å². The second-order valence-electron chi connectivity index (χ2n) is 8.30. The molecule has 1 aliphatic carbocycles. The molecule has 3 amide bonds. The van der Waals surface area contributed by atoms with Gasteiger partial charge in [0.2, 0.25) is 17.7 Å². The highest BCUT2D eigenvalue weighted by atomic mass is 16.2. The SMILES string of the molecule is O=C(CCN1C(=O)[C@H]2CCCC[C@H]2C1=O)N[C@H](Cc1ccccc1)c1ccccc1. The van der Waals surface area contributed by atoms with Crippen molar-refractivity contribution < 1.29 is 14.4 Å². The molecule has 5 nitrogen and oxygen atoms in total. The quantitative estimate of drug-likeness (QED) is 0.717. The van der Waals surface area contributed by atoms with E-state index in [1.807, 2.05) is 60.7 Å². The first-order valence-electron chi connectivity index (χ1n) is 10.9. The number of imide groups is 1. The Balaban J connectivity index is 1.39. The summed E-state index contributed by atoms with van der Waals surface area (Å²) in [6.45, 7) is 0.170. The Bertz CT molecular complexity index is 873. The molecule has 156 valence electrons. The third kappa shape index (κ3) is 4.45. The lowest BCUT2D eigenvalue weighted by molar-refractivity contribution is -0.140. The van der Waals surface area contributed by atoms with Crippen LogP contribution in [0.15, 0.2) is 60.7 Å². The number of likely N-dealkylation sites (tertiary alicyclic amines) is 1. The van der Waals surface area contributed by atoms with Crippen LogP contribution in [0.3, 0.4) is 0 Å². The van der Waals surface area contributed by atoms with Gasteiger partial charge in [-0.25, -0.2) is 0 Å². The number of amides is 3. The summed E-state index contributed by atoms with van der Waals surface area (Å²) in [7, 11) is 0. The van der Waals surface area contributed by atoms with Gasteiger partial charge < -0.3 is 5.32 Å². The summed E-state index contributed by atoms with van der Waals surface area (Å²) in [5.41, 5.74) is 2.18. The van der Waals surface area contributed by atoms with Gasteiger partial charge in [-0.05, 0) is 30.4 Å². The lowest BCUT2D eigenvalue weighted by Gasteiger charge is -2.21. The maximum absolute atomic E-state index is 12.7. The molecule has 0 radical (unpaired) electrons. The Morgan fingerprint density at radius 3 is 2.07 bits per heavy atom. The second kappa shape index (κ2) is 9.24. The topological polar surface area (TPSA) is 66.5 Å². The fourth-order valence-corrected chi connectivity index (χ4v) is 4.72. The van der Waals surface area contributed by atoms with Crippen molar-refractivity contribution in [2.45, 2.75) is 44.6 Å². The number of rotatable bonds is 7. The Kier molecular flexibility index (Phi) is 6.26. The molecule has 1 saturated carbocycles. The van der Waals surface area contributed by atoms with Gasteiger partial charge in [0.1, 0.15) is 0 Å². The van der Waals surface area contributed by atoms with Crippen LogP contribution in [0.2, 0.25) is 0 Å². The van der Waals surface area contributed by atoms with Gasteiger partial charge in [-0.3, -0.25) is 19.3 Å².